The number of fused-ring (bicyclic) bond motifs is 1. The van der Waals surface area contributed by atoms with Crippen LogP contribution in [0.3, 0.4) is 0 Å². The third kappa shape index (κ3) is 1.62. The molecule has 5 heteroatoms. The first-order valence-electron chi connectivity index (χ1n) is 5.49. The highest BCUT2D eigenvalue weighted by Gasteiger charge is 2.13. The predicted octanol–water partition coefficient (Wildman–Crippen LogP) is 2.87. The average molecular weight is 259 g/mol. The molecule has 0 aliphatic carbocycles. The van der Waals surface area contributed by atoms with E-state index in [0.717, 1.165) is 22.6 Å². The van der Waals surface area contributed by atoms with Gasteiger partial charge in [-0.1, -0.05) is 11.6 Å². The number of nitrogen functional groups attached to an aromatic ring is 1. The predicted molar refractivity (Wildman–Crippen MR) is 73.4 cm³/mol. The van der Waals surface area contributed by atoms with Crippen molar-refractivity contribution in [2.75, 3.05) is 5.73 Å². The summed E-state index contributed by atoms with van der Waals surface area (Å²) in [6.07, 6.45) is 1.74. The van der Waals surface area contributed by atoms with E-state index in [4.69, 9.17) is 17.3 Å². The molecule has 2 N–H and O–H groups in total. The monoisotopic (exact) mass is 258 g/mol. The maximum absolute atomic E-state index is 6.20. The van der Waals surface area contributed by atoms with Crippen LogP contribution in [-0.4, -0.2) is 14.5 Å². The number of halogens is 1. The number of nitrogens with zero attached hydrogens (tertiary/aromatic N) is 3. The van der Waals surface area contributed by atoms with E-state index < -0.39 is 0 Å². The summed E-state index contributed by atoms with van der Waals surface area (Å²) in [5, 5.41) is 0.627. The number of hydrogen-bond acceptors (Lipinski definition) is 3. The van der Waals surface area contributed by atoms with Gasteiger partial charge in [0.25, 0.3) is 0 Å². The van der Waals surface area contributed by atoms with Gasteiger partial charge in [0.2, 0.25) is 0 Å². The molecule has 2 aromatic heterocycles. The van der Waals surface area contributed by atoms with Crippen LogP contribution in [-0.2, 0) is 7.05 Å². The van der Waals surface area contributed by atoms with Crippen molar-refractivity contribution in [3.63, 3.8) is 0 Å². The van der Waals surface area contributed by atoms with Crippen molar-refractivity contribution >= 4 is 28.5 Å². The molecule has 2 heterocycles. The Morgan fingerprint density at radius 3 is 2.89 bits per heavy atom. The van der Waals surface area contributed by atoms with Crippen molar-refractivity contribution < 1.29 is 0 Å². The lowest BCUT2D eigenvalue weighted by Gasteiger charge is -2.05. The highest BCUT2D eigenvalue weighted by atomic mass is 35.5. The van der Waals surface area contributed by atoms with Gasteiger partial charge in [-0.05, 0) is 30.3 Å². The zero-order valence-corrected chi connectivity index (χ0v) is 10.5. The van der Waals surface area contributed by atoms with Crippen LogP contribution in [0.2, 0.25) is 5.02 Å². The van der Waals surface area contributed by atoms with Gasteiger partial charge in [0.1, 0.15) is 11.3 Å². The molecule has 0 spiro atoms. The molecule has 4 nitrogen and oxygen atoms in total. The van der Waals surface area contributed by atoms with Gasteiger partial charge in [0.05, 0.1) is 5.02 Å². The number of pyridine rings is 1. The van der Waals surface area contributed by atoms with Crippen LogP contribution in [0.5, 0.6) is 0 Å². The second-order valence-electron chi connectivity index (χ2n) is 4.08. The topological polar surface area (TPSA) is 56.7 Å². The maximum atomic E-state index is 6.20. The smallest absolute Gasteiger partial charge is 0.159 e. The molecule has 0 bridgehead atoms. The number of benzene rings is 1. The van der Waals surface area contributed by atoms with Gasteiger partial charge in [-0.3, -0.25) is 0 Å². The van der Waals surface area contributed by atoms with E-state index >= 15 is 0 Å². The van der Waals surface area contributed by atoms with Gasteiger partial charge in [-0.2, -0.15) is 0 Å². The summed E-state index contributed by atoms with van der Waals surface area (Å²) in [5.41, 5.74) is 8.94. The van der Waals surface area contributed by atoms with Crippen LogP contribution in [0.4, 0.5) is 5.69 Å². The van der Waals surface area contributed by atoms with Gasteiger partial charge in [-0.25, -0.2) is 9.97 Å². The van der Waals surface area contributed by atoms with Gasteiger partial charge < -0.3 is 10.3 Å². The Kier molecular flexibility index (Phi) is 2.45. The summed E-state index contributed by atoms with van der Waals surface area (Å²) in [7, 11) is 1.91. The Bertz CT molecular complexity index is 733. The molecule has 1 aromatic carbocycles. The van der Waals surface area contributed by atoms with Crippen molar-refractivity contribution in [3.05, 3.63) is 41.6 Å². The number of nitrogens with two attached hydrogens (primary N) is 1. The number of anilines is 1. The van der Waals surface area contributed by atoms with E-state index in [9.17, 15) is 0 Å². The van der Waals surface area contributed by atoms with E-state index in [1.807, 2.05) is 29.8 Å². The van der Waals surface area contributed by atoms with Crippen molar-refractivity contribution in [3.8, 4) is 11.4 Å². The van der Waals surface area contributed by atoms with Crippen LogP contribution in [0.25, 0.3) is 22.6 Å². The molecule has 90 valence electrons. The van der Waals surface area contributed by atoms with E-state index in [1.54, 1.807) is 18.3 Å². The molecule has 0 aliphatic heterocycles. The standard InChI is InChI=1S/C13H11ClN4/c1-18-12(9-7-8(15)4-5-10(9)14)17-11-3-2-6-16-13(11)18/h2-7H,15H2,1H3. The molecule has 0 unspecified atom stereocenters. The SMILES string of the molecule is Cn1c(-c2cc(N)ccc2Cl)nc2cccnc21. The van der Waals surface area contributed by atoms with E-state index in [-0.39, 0.29) is 0 Å². The fraction of sp³-hybridized carbons (Fsp3) is 0.0769. The molecule has 3 rings (SSSR count). The quantitative estimate of drug-likeness (QED) is 0.683. The lowest BCUT2D eigenvalue weighted by atomic mass is 10.2. The van der Waals surface area contributed by atoms with Crippen LogP contribution >= 0.6 is 11.6 Å². The summed E-state index contributed by atoms with van der Waals surface area (Å²) >= 11 is 6.20. The molecule has 0 saturated carbocycles. The molecular weight excluding hydrogens is 248 g/mol. The number of rotatable bonds is 1. The minimum absolute atomic E-state index is 0.627. The van der Waals surface area contributed by atoms with Crippen molar-refractivity contribution in [1.82, 2.24) is 14.5 Å². The second-order valence-corrected chi connectivity index (χ2v) is 4.49. The Balaban J connectivity index is 2.31. The second kappa shape index (κ2) is 3.99. The molecule has 0 saturated heterocycles. The van der Waals surface area contributed by atoms with E-state index in [0.29, 0.717) is 10.7 Å². The molecule has 0 aliphatic rings. The fourth-order valence-corrected chi connectivity index (χ4v) is 2.18. The van der Waals surface area contributed by atoms with E-state index in [2.05, 4.69) is 9.97 Å². The Labute approximate surface area is 109 Å². The molecule has 18 heavy (non-hydrogen) atoms. The lowest BCUT2D eigenvalue weighted by molar-refractivity contribution is 0.942. The average Bonchev–Trinajstić information content (AvgIpc) is 2.71. The summed E-state index contributed by atoms with van der Waals surface area (Å²) in [5.74, 6) is 0.765. The Morgan fingerprint density at radius 1 is 1.28 bits per heavy atom. The molecular formula is C13H11ClN4. The minimum Gasteiger partial charge on any atom is -0.399 e. The minimum atomic E-state index is 0.627. The third-order valence-corrected chi connectivity index (χ3v) is 3.19. The Hall–Kier alpha value is -2.07. The molecule has 3 aromatic rings. The van der Waals surface area contributed by atoms with Crippen LogP contribution < -0.4 is 5.73 Å². The van der Waals surface area contributed by atoms with Crippen molar-refractivity contribution in [1.29, 1.82) is 0 Å². The zero-order valence-electron chi connectivity index (χ0n) is 9.76. The van der Waals surface area contributed by atoms with Crippen LogP contribution in [0.1, 0.15) is 0 Å². The molecule has 0 atom stereocenters. The van der Waals surface area contributed by atoms with Gasteiger partial charge in [0.15, 0.2) is 5.65 Å². The normalized spacial score (nSPS) is 11.0. The number of hydrogen-bond donors (Lipinski definition) is 1. The van der Waals surface area contributed by atoms with Crippen LogP contribution in [0.15, 0.2) is 36.5 Å². The number of aromatic nitrogens is 3. The zero-order chi connectivity index (χ0) is 12.7. The molecule has 0 fully saturated rings. The first-order valence-corrected chi connectivity index (χ1v) is 5.87. The molecule has 0 amide bonds. The van der Waals surface area contributed by atoms with Crippen molar-refractivity contribution in [2.45, 2.75) is 0 Å². The summed E-state index contributed by atoms with van der Waals surface area (Å²) in [6.45, 7) is 0. The Morgan fingerprint density at radius 2 is 2.11 bits per heavy atom. The lowest BCUT2D eigenvalue weighted by Crippen LogP contribution is -1.95. The van der Waals surface area contributed by atoms with Crippen molar-refractivity contribution in [2.24, 2.45) is 7.05 Å². The summed E-state index contributed by atoms with van der Waals surface area (Å²) in [6, 6.07) is 9.15. The number of aryl methyl sites for hydroxylation is 1. The first-order chi connectivity index (χ1) is 8.66. The molecule has 0 radical (unpaired) electrons. The van der Waals surface area contributed by atoms with E-state index in [1.165, 1.54) is 0 Å². The first kappa shape index (κ1) is 11.0. The fourth-order valence-electron chi connectivity index (χ4n) is 1.98. The van der Waals surface area contributed by atoms with Gasteiger partial charge >= 0.3 is 0 Å². The van der Waals surface area contributed by atoms with Gasteiger partial charge in [-0.15, -0.1) is 0 Å². The van der Waals surface area contributed by atoms with Crippen LogP contribution in [0, 0.1) is 0 Å². The maximum Gasteiger partial charge on any atom is 0.159 e. The largest absolute Gasteiger partial charge is 0.399 e. The van der Waals surface area contributed by atoms with Gasteiger partial charge in [0, 0.05) is 24.5 Å². The number of imidazole rings is 1. The summed E-state index contributed by atoms with van der Waals surface area (Å²) < 4.78 is 1.91. The highest BCUT2D eigenvalue weighted by molar-refractivity contribution is 6.33. The highest BCUT2D eigenvalue weighted by Crippen LogP contribution is 2.30. The summed E-state index contributed by atoms with van der Waals surface area (Å²) in [4.78, 5) is 8.85. The third-order valence-electron chi connectivity index (χ3n) is 2.86.